The van der Waals surface area contributed by atoms with E-state index in [4.69, 9.17) is 13.9 Å². The molecular weight excluding hydrogens is 356 g/mol. The lowest BCUT2D eigenvalue weighted by atomic mass is 10.1. The summed E-state index contributed by atoms with van der Waals surface area (Å²) in [6.07, 6.45) is 1.69. The summed E-state index contributed by atoms with van der Waals surface area (Å²) in [6, 6.07) is 15.9. The van der Waals surface area contributed by atoms with Gasteiger partial charge in [-0.3, -0.25) is 4.79 Å². The highest BCUT2D eigenvalue weighted by molar-refractivity contribution is 5.80. The zero-order valence-electron chi connectivity index (χ0n) is 16.1. The van der Waals surface area contributed by atoms with Gasteiger partial charge in [-0.15, -0.1) is 0 Å². The average molecular weight is 380 g/mol. The molecule has 3 aromatic rings. The van der Waals surface area contributed by atoms with Crippen LogP contribution in [-0.4, -0.2) is 18.7 Å². The molecule has 5 heteroatoms. The van der Waals surface area contributed by atoms with Gasteiger partial charge in [-0.2, -0.15) is 0 Å². The van der Waals surface area contributed by atoms with E-state index in [1.54, 1.807) is 25.1 Å². The molecule has 1 atom stereocenters. The van der Waals surface area contributed by atoms with Gasteiger partial charge in [-0.05, 0) is 31.9 Å². The van der Waals surface area contributed by atoms with E-state index in [0.29, 0.717) is 35.5 Å². The fraction of sp³-hybridized carbons (Fsp3) is 0.304. The highest BCUT2D eigenvalue weighted by atomic mass is 16.6. The van der Waals surface area contributed by atoms with Crippen LogP contribution < -0.4 is 10.2 Å². The van der Waals surface area contributed by atoms with Gasteiger partial charge in [0.05, 0.1) is 12.0 Å². The fourth-order valence-corrected chi connectivity index (χ4v) is 2.97. The molecule has 146 valence electrons. The minimum atomic E-state index is -0.679. The summed E-state index contributed by atoms with van der Waals surface area (Å²) in [7, 11) is 0. The second kappa shape index (κ2) is 9.22. The Morgan fingerprint density at radius 3 is 2.57 bits per heavy atom. The third-order valence-corrected chi connectivity index (χ3v) is 4.41. The molecule has 2 aromatic carbocycles. The van der Waals surface area contributed by atoms with Crippen molar-refractivity contribution < 1.29 is 18.7 Å². The van der Waals surface area contributed by atoms with E-state index in [2.05, 4.69) is 6.92 Å². The summed E-state index contributed by atoms with van der Waals surface area (Å²) in [5, 5.41) is 0.466. The second-order valence-corrected chi connectivity index (χ2v) is 6.50. The maximum atomic E-state index is 12.5. The van der Waals surface area contributed by atoms with E-state index < -0.39 is 6.10 Å². The number of rotatable bonds is 8. The van der Waals surface area contributed by atoms with Crippen LogP contribution in [0.1, 0.15) is 33.1 Å². The normalized spacial score (nSPS) is 11.9. The third kappa shape index (κ3) is 4.60. The topological polar surface area (TPSA) is 65.7 Å². The van der Waals surface area contributed by atoms with E-state index in [-0.39, 0.29) is 11.4 Å². The summed E-state index contributed by atoms with van der Waals surface area (Å²) in [5.74, 6) is 0.578. The maximum absolute atomic E-state index is 12.5. The van der Waals surface area contributed by atoms with E-state index in [0.717, 1.165) is 18.4 Å². The highest BCUT2D eigenvalue weighted by Gasteiger charge is 2.21. The van der Waals surface area contributed by atoms with Gasteiger partial charge in [0.15, 0.2) is 11.5 Å². The zero-order chi connectivity index (χ0) is 19.9. The Morgan fingerprint density at radius 2 is 1.86 bits per heavy atom. The summed E-state index contributed by atoms with van der Waals surface area (Å²) in [4.78, 5) is 24.7. The largest absolute Gasteiger partial charge is 0.479 e. The molecule has 3 rings (SSSR count). The van der Waals surface area contributed by atoms with E-state index in [9.17, 15) is 9.59 Å². The fourth-order valence-electron chi connectivity index (χ4n) is 2.97. The van der Waals surface area contributed by atoms with E-state index in [1.165, 1.54) is 6.07 Å². The predicted octanol–water partition coefficient (Wildman–Crippen LogP) is 4.96. The van der Waals surface area contributed by atoms with Gasteiger partial charge in [0, 0.05) is 17.7 Å². The van der Waals surface area contributed by atoms with Crippen LogP contribution in [0, 0.1) is 0 Å². The minimum Gasteiger partial charge on any atom is -0.479 e. The molecule has 0 radical (unpaired) electrons. The molecule has 1 aromatic heterocycles. The Balaban J connectivity index is 1.93. The summed E-state index contributed by atoms with van der Waals surface area (Å²) >= 11 is 0. The number of ether oxygens (including phenoxy) is 2. The van der Waals surface area contributed by atoms with E-state index >= 15 is 0 Å². The Labute approximate surface area is 163 Å². The number of unbranched alkanes of at least 4 members (excludes halogenated alkanes) is 1. The van der Waals surface area contributed by atoms with Crippen molar-refractivity contribution in [2.75, 3.05) is 6.61 Å². The molecule has 0 saturated carbocycles. The van der Waals surface area contributed by atoms with Gasteiger partial charge in [0.25, 0.3) is 0 Å². The molecule has 0 aliphatic heterocycles. The van der Waals surface area contributed by atoms with Crippen molar-refractivity contribution in [3.63, 3.8) is 0 Å². The Kier molecular flexibility index (Phi) is 6.48. The predicted molar refractivity (Wildman–Crippen MR) is 108 cm³/mol. The molecule has 0 amide bonds. The minimum absolute atomic E-state index is 0.125. The first-order chi connectivity index (χ1) is 13.6. The molecule has 0 fully saturated rings. The van der Waals surface area contributed by atoms with Gasteiger partial charge in [0.1, 0.15) is 17.1 Å². The van der Waals surface area contributed by atoms with Gasteiger partial charge >= 0.3 is 5.97 Å². The van der Waals surface area contributed by atoms with Crippen LogP contribution in [0.15, 0.2) is 63.8 Å². The molecule has 0 aliphatic carbocycles. The number of hydrogen-bond donors (Lipinski definition) is 0. The molecule has 0 aliphatic rings. The van der Waals surface area contributed by atoms with Crippen LogP contribution in [0.5, 0.6) is 5.75 Å². The van der Waals surface area contributed by atoms with Crippen molar-refractivity contribution in [2.45, 2.75) is 39.2 Å². The summed E-state index contributed by atoms with van der Waals surface area (Å²) in [5.41, 5.74) is 1.11. The first-order valence-electron chi connectivity index (χ1n) is 9.59. The van der Waals surface area contributed by atoms with Crippen molar-refractivity contribution in [2.24, 2.45) is 0 Å². The van der Waals surface area contributed by atoms with Gasteiger partial charge in [-0.25, -0.2) is 4.79 Å². The van der Waals surface area contributed by atoms with Crippen LogP contribution >= 0.6 is 0 Å². The second-order valence-electron chi connectivity index (χ2n) is 6.50. The van der Waals surface area contributed by atoms with Crippen LogP contribution in [0.3, 0.4) is 0 Å². The standard InChI is InChI=1S/C23H24O5/c1-3-5-11-20(23(25)26-4-2)27-17-12-13-18-19(24)15-21(28-22(18)14-17)16-9-7-6-8-10-16/h6-10,12-15,20H,3-5,11H2,1-2H3/t20-/m1/s1. The number of benzene rings is 2. The van der Waals surface area contributed by atoms with Crippen LogP contribution in [-0.2, 0) is 9.53 Å². The lowest BCUT2D eigenvalue weighted by molar-refractivity contribution is -0.151. The highest BCUT2D eigenvalue weighted by Crippen LogP contribution is 2.26. The monoisotopic (exact) mass is 380 g/mol. The lowest BCUT2D eigenvalue weighted by Crippen LogP contribution is -2.29. The molecule has 0 bridgehead atoms. The molecule has 0 unspecified atom stereocenters. The van der Waals surface area contributed by atoms with Crippen LogP contribution in [0.4, 0.5) is 0 Å². The molecule has 0 spiro atoms. The number of esters is 1. The molecule has 0 saturated heterocycles. The van der Waals surface area contributed by atoms with Crippen molar-refractivity contribution in [3.05, 3.63) is 64.8 Å². The van der Waals surface area contributed by atoms with Crippen molar-refractivity contribution >= 4 is 16.9 Å². The zero-order valence-corrected chi connectivity index (χ0v) is 16.1. The van der Waals surface area contributed by atoms with Gasteiger partial charge < -0.3 is 13.9 Å². The Morgan fingerprint density at radius 1 is 1.07 bits per heavy atom. The molecular formula is C23H24O5. The number of carbonyl (C=O) groups is 1. The smallest absolute Gasteiger partial charge is 0.347 e. The maximum Gasteiger partial charge on any atom is 0.347 e. The Hall–Kier alpha value is -3.08. The first kappa shape index (κ1) is 19.7. The van der Waals surface area contributed by atoms with Crippen molar-refractivity contribution in [1.29, 1.82) is 0 Å². The lowest BCUT2D eigenvalue weighted by Gasteiger charge is -2.17. The molecule has 5 nitrogen and oxygen atoms in total. The molecule has 28 heavy (non-hydrogen) atoms. The average Bonchev–Trinajstić information content (AvgIpc) is 2.71. The van der Waals surface area contributed by atoms with Gasteiger partial charge in [0.2, 0.25) is 0 Å². The Bertz CT molecular complexity index is 991. The number of carbonyl (C=O) groups excluding carboxylic acids is 1. The SMILES string of the molecule is CCCC[C@@H](Oc1ccc2c(=O)cc(-c3ccccc3)oc2c1)C(=O)OCC. The quantitative estimate of drug-likeness (QED) is 0.517. The van der Waals surface area contributed by atoms with Crippen LogP contribution in [0.25, 0.3) is 22.3 Å². The molecule has 1 heterocycles. The van der Waals surface area contributed by atoms with Gasteiger partial charge in [-0.1, -0.05) is 43.7 Å². The summed E-state index contributed by atoms with van der Waals surface area (Å²) < 4.78 is 17.0. The van der Waals surface area contributed by atoms with Crippen molar-refractivity contribution in [3.8, 4) is 17.1 Å². The first-order valence-corrected chi connectivity index (χ1v) is 9.59. The molecule has 0 N–H and O–H groups in total. The van der Waals surface area contributed by atoms with Crippen LogP contribution in [0.2, 0.25) is 0 Å². The summed E-state index contributed by atoms with van der Waals surface area (Å²) in [6.45, 7) is 4.13. The number of hydrogen-bond acceptors (Lipinski definition) is 5. The van der Waals surface area contributed by atoms with E-state index in [1.807, 2.05) is 30.3 Å². The third-order valence-electron chi connectivity index (χ3n) is 4.41. The number of fused-ring (bicyclic) bond motifs is 1. The van der Waals surface area contributed by atoms with Crippen molar-refractivity contribution in [1.82, 2.24) is 0 Å².